The van der Waals surface area contributed by atoms with Crippen LogP contribution in [0, 0.1) is 0 Å². The summed E-state index contributed by atoms with van der Waals surface area (Å²) in [5.41, 5.74) is 4.56. The molecule has 0 atom stereocenters. The molecule has 3 aliphatic heterocycles. The van der Waals surface area contributed by atoms with Crippen LogP contribution in [-0.4, -0.2) is 80.3 Å². The molecule has 3 heterocycles. The number of hydrogen-bond donors (Lipinski definition) is 0. The van der Waals surface area contributed by atoms with E-state index < -0.39 is 0 Å². The van der Waals surface area contributed by atoms with E-state index in [2.05, 4.69) is 4.90 Å². The topological polar surface area (TPSA) is 90.5 Å². The minimum atomic E-state index is -0.375. The van der Waals surface area contributed by atoms with Crippen LogP contribution >= 0.6 is 0 Å². The predicted molar refractivity (Wildman–Crippen MR) is 157 cm³/mol. The number of hydrogen-bond acceptors (Lipinski definition) is 7. The number of rotatable bonds is 10. The van der Waals surface area contributed by atoms with Crippen LogP contribution in [0.2, 0.25) is 0 Å². The van der Waals surface area contributed by atoms with E-state index >= 15 is 0 Å². The molecule has 0 N–H and O–H groups in total. The number of carbonyl (C=O) groups excluding carboxylic acids is 4. The molecule has 1 fully saturated rings. The molecule has 0 aromatic heterocycles. The van der Waals surface area contributed by atoms with Crippen LogP contribution in [0.15, 0.2) is 53.6 Å². The lowest BCUT2D eigenvalue weighted by molar-refractivity contribution is -0.120. The van der Waals surface area contributed by atoms with Gasteiger partial charge < -0.3 is 14.5 Å². The molecule has 3 aliphatic rings. The highest BCUT2D eigenvalue weighted by Gasteiger charge is 2.37. The lowest BCUT2D eigenvalue weighted by Gasteiger charge is -2.34. The third-order valence-corrected chi connectivity index (χ3v) is 8.30. The number of amides is 3. The highest BCUT2D eigenvalue weighted by Crippen LogP contribution is 2.32. The number of anilines is 2. The van der Waals surface area contributed by atoms with Gasteiger partial charge in [0.2, 0.25) is 0 Å². The normalized spacial score (nSPS) is 17.4. The first-order chi connectivity index (χ1) is 19.7. The molecule has 216 valence electrons. The monoisotopic (exact) mass is 558 g/mol. The SMILES string of the molecule is CC1=C(CCCCCCN2CCN(C(=O)c3ccc(N(C)C)cc3)CC2)C(=O)N(c2ccc3c(c2)COC3=O)C1=O. The number of cyclic esters (lactones) is 1. The second kappa shape index (κ2) is 12.3. The summed E-state index contributed by atoms with van der Waals surface area (Å²) < 4.78 is 5.04. The van der Waals surface area contributed by atoms with E-state index in [1.807, 2.05) is 48.2 Å². The van der Waals surface area contributed by atoms with Crippen LogP contribution in [0.25, 0.3) is 0 Å². The van der Waals surface area contributed by atoms with E-state index in [9.17, 15) is 19.2 Å². The number of benzene rings is 2. The zero-order valence-electron chi connectivity index (χ0n) is 24.1. The summed E-state index contributed by atoms with van der Waals surface area (Å²) in [6, 6.07) is 12.7. The largest absolute Gasteiger partial charge is 0.457 e. The molecule has 9 nitrogen and oxygen atoms in total. The fourth-order valence-corrected chi connectivity index (χ4v) is 5.72. The highest BCUT2D eigenvalue weighted by molar-refractivity contribution is 6.32. The Morgan fingerprint density at radius 1 is 0.878 bits per heavy atom. The summed E-state index contributed by atoms with van der Waals surface area (Å²) in [5, 5.41) is 0. The number of piperazine rings is 1. The van der Waals surface area contributed by atoms with Gasteiger partial charge in [-0.05, 0) is 75.2 Å². The maximum absolute atomic E-state index is 13.1. The molecule has 0 unspecified atom stereocenters. The van der Waals surface area contributed by atoms with Gasteiger partial charge in [0, 0.05) is 68.2 Å². The Bertz CT molecular complexity index is 1370. The number of carbonyl (C=O) groups is 4. The molecular formula is C32H38N4O5. The lowest BCUT2D eigenvalue weighted by Crippen LogP contribution is -2.48. The summed E-state index contributed by atoms with van der Waals surface area (Å²) in [4.78, 5) is 58.2. The van der Waals surface area contributed by atoms with Crippen LogP contribution < -0.4 is 9.80 Å². The summed E-state index contributed by atoms with van der Waals surface area (Å²) in [6.45, 7) is 6.11. The number of ether oxygens (including phenoxy) is 1. The van der Waals surface area contributed by atoms with Gasteiger partial charge in [-0.1, -0.05) is 12.8 Å². The molecule has 41 heavy (non-hydrogen) atoms. The van der Waals surface area contributed by atoms with Gasteiger partial charge in [0.15, 0.2) is 0 Å². The molecule has 3 amide bonds. The van der Waals surface area contributed by atoms with Crippen molar-refractivity contribution < 1.29 is 23.9 Å². The molecule has 0 bridgehead atoms. The Kier molecular flexibility index (Phi) is 8.54. The molecule has 5 rings (SSSR count). The maximum Gasteiger partial charge on any atom is 0.338 e. The summed E-state index contributed by atoms with van der Waals surface area (Å²) in [5.74, 6) is -0.838. The molecule has 9 heteroatoms. The fourth-order valence-electron chi connectivity index (χ4n) is 5.72. The Morgan fingerprint density at radius 3 is 2.29 bits per heavy atom. The van der Waals surface area contributed by atoms with Gasteiger partial charge in [0.1, 0.15) is 6.61 Å². The third kappa shape index (κ3) is 6.05. The third-order valence-electron chi connectivity index (χ3n) is 8.30. The molecule has 0 radical (unpaired) electrons. The van der Waals surface area contributed by atoms with Crippen LogP contribution in [-0.2, 0) is 20.9 Å². The van der Waals surface area contributed by atoms with E-state index in [0.717, 1.165) is 69.7 Å². The highest BCUT2D eigenvalue weighted by atomic mass is 16.5. The van der Waals surface area contributed by atoms with Crippen LogP contribution in [0.1, 0.15) is 65.3 Å². The molecule has 2 aromatic rings. The average Bonchev–Trinajstić information content (AvgIpc) is 3.45. The number of fused-ring (bicyclic) bond motifs is 1. The van der Waals surface area contributed by atoms with Crippen molar-refractivity contribution in [3.05, 3.63) is 70.3 Å². The van der Waals surface area contributed by atoms with Crippen LogP contribution in [0.3, 0.4) is 0 Å². The van der Waals surface area contributed by atoms with E-state index in [4.69, 9.17) is 4.74 Å². The minimum absolute atomic E-state index is 0.0957. The summed E-state index contributed by atoms with van der Waals surface area (Å²) in [7, 11) is 3.97. The number of imide groups is 1. The summed E-state index contributed by atoms with van der Waals surface area (Å²) >= 11 is 0. The zero-order chi connectivity index (χ0) is 29.1. The van der Waals surface area contributed by atoms with Gasteiger partial charge in [0.25, 0.3) is 17.7 Å². The number of esters is 1. The standard InChI is InChI=1S/C32H38N4O5/c1-22-27(31(39)36(29(22)37)26-13-14-28-24(20-26)21-41-32(28)40)8-6-4-5-7-15-34-16-18-35(19-17-34)30(38)23-9-11-25(12-10-23)33(2)3/h9-14,20H,4-8,15-19,21H2,1-3H3. The van der Waals surface area contributed by atoms with Crippen molar-refractivity contribution in [1.29, 1.82) is 0 Å². The minimum Gasteiger partial charge on any atom is -0.457 e. The van der Waals surface area contributed by atoms with Crippen LogP contribution in [0.4, 0.5) is 11.4 Å². The first-order valence-electron chi connectivity index (χ1n) is 14.4. The molecule has 0 aliphatic carbocycles. The number of unbranched alkanes of at least 4 members (excludes halogenated alkanes) is 3. The van der Waals surface area contributed by atoms with Gasteiger partial charge in [-0.15, -0.1) is 0 Å². The van der Waals surface area contributed by atoms with E-state index in [0.29, 0.717) is 34.4 Å². The molecule has 1 saturated heterocycles. The smallest absolute Gasteiger partial charge is 0.338 e. The fraction of sp³-hybridized carbons (Fsp3) is 0.438. The second-order valence-electron chi connectivity index (χ2n) is 11.2. The van der Waals surface area contributed by atoms with E-state index in [1.54, 1.807) is 25.1 Å². The first-order valence-corrected chi connectivity index (χ1v) is 14.4. The predicted octanol–water partition coefficient (Wildman–Crippen LogP) is 4.02. The quantitative estimate of drug-likeness (QED) is 0.247. The Morgan fingerprint density at radius 2 is 1.59 bits per heavy atom. The van der Waals surface area contributed by atoms with Crippen molar-refractivity contribution in [3.63, 3.8) is 0 Å². The van der Waals surface area contributed by atoms with Crippen molar-refractivity contribution in [2.24, 2.45) is 0 Å². The summed E-state index contributed by atoms with van der Waals surface area (Å²) in [6.07, 6.45) is 4.52. The Hall–Kier alpha value is -3.98. The van der Waals surface area contributed by atoms with Gasteiger partial charge >= 0.3 is 5.97 Å². The first kappa shape index (κ1) is 28.5. The Balaban J connectivity index is 1.01. The maximum atomic E-state index is 13.1. The van der Waals surface area contributed by atoms with Crippen LogP contribution in [0.5, 0.6) is 0 Å². The lowest BCUT2D eigenvalue weighted by atomic mass is 10.0. The van der Waals surface area contributed by atoms with Crippen molar-refractivity contribution in [1.82, 2.24) is 9.80 Å². The van der Waals surface area contributed by atoms with Gasteiger partial charge in [-0.2, -0.15) is 0 Å². The molecule has 0 spiro atoms. The van der Waals surface area contributed by atoms with Crippen molar-refractivity contribution in [3.8, 4) is 0 Å². The average molecular weight is 559 g/mol. The second-order valence-corrected chi connectivity index (χ2v) is 11.2. The van der Waals surface area contributed by atoms with Crippen molar-refractivity contribution in [2.75, 3.05) is 56.6 Å². The van der Waals surface area contributed by atoms with Gasteiger partial charge in [-0.3, -0.25) is 19.3 Å². The number of nitrogens with zero attached hydrogens (tertiary/aromatic N) is 4. The van der Waals surface area contributed by atoms with Gasteiger partial charge in [-0.25, -0.2) is 9.69 Å². The van der Waals surface area contributed by atoms with Crippen molar-refractivity contribution in [2.45, 2.75) is 45.6 Å². The molecule has 0 saturated carbocycles. The van der Waals surface area contributed by atoms with E-state index in [-0.39, 0.29) is 30.3 Å². The molecular weight excluding hydrogens is 520 g/mol. The Labute approximate surface area is 241 Å². The zero-order valence-corrected chi connectivity index (χ0v) is 24.1. The van der Waals surface area contributed by atoms with Crippen molar-refractivity contribution >= 4 is 35.1 Å². The molecule has 2 aromatic carbocycles. The van der Waals surface area contributed by atoms with Gasteiger partial charge in [0.05, 0.1) is 11.3 Å². The van der Waals surface area contributed by atoms with E-state index in [1.165, 1.54) is 4.90 Å².